The number of rotatable bonds is 6. The second-order valence-electron chi connectivity index (χ2n) is 5.63. The van der Waals surface area contributed by atoms with E-state index >= 15 is 0 Å². The van der Waals surface area contributed by atoms with Gasteiger partial charge in [0.1, 0.15) is 0 Å². The van der Waals surface area contributed by atoms with Crippen LogP contribution in [0.1, 0.15) is 33.6 Å². The minimum atomic E-state index is -0.430. The molecular weight excluding hydrogens is 258 g/mol. The number of carbonyl (C=O) groups excluding carboxylic acids is 1. The molecule has 0 aromatic heterocycles. The van der Waals surface area contributed by atoms with E-state index in [1.54, 1.807) is 12.1 Å². The number of hydrogen-bond donors (Lipinski definition) is 2. The molecular formula is C14H21N3O3. The Morgan fingerprint density at radius 2 is 1.85 bits per heavy atom. The SMILES string of the molecule is CC(C)(C)NC(=O)CCCNc1ccc([N+](=O)[O-])cc1. The number of benzene rings is 1. The van der Waals surface area contributed by atoms with Crippen molar-refractivity contribution in [2.75, 3.05) is 11.9 Å². The lowest BCUT2D eigenvalue weighted by Gasteiger charge is -2.20. The Labute approximate surface area is 118 Å². The van der Waals surface area contributed by atoms with Gasteiger partial charge in [-0.25, -0.2) is 0 Å². The first-order valence-corrected chi connectivity index (χ1v) is 6.57. The highest BCUT2D eigenvalue weighted by molar-refractivity contribution is 5.76. The van der Waals surface area contributed by atoms with E-state index in [1.165, 1.54) is 12.1 Å². The maximum atomic E-state index is 11.6. The van der Waals surface area contributed by atoms with Crippen LogP contribution in [0.5, 0.6) is 0 Å². The number of anilines is 1. The number of nitro groups is 1. The van der Waals surface area contributed by atoms with Gasteiger partial charge in [0.15, 0.2) is 0 Å². The molecule has 20 heavy (non-hydrogen) atoms. The first-order chi connectivity index (χ1) is 9.28. The van der Waals surface area contributed by atoms with Crippen molar-refractivity contribution in [1.82, 2.24) is 5.32 Å². The smallest absolute Gasteiger partial charge is 0.269 e. The molecule has 1 aromatic carbocycles. The molecule has 0 radical (unpaired) electrons. The molecule has 0 spiro atoms. The average Bonchev–Trinajstić information content (AvgIpc) is 2.33. The number of nitro benzene ring substituents is 1. The van der Waals surface area contributed by atoms with Crippen molar-refractivity contribution in [3.05, 3.63) is 34.4 Å². The first kappa shape index (κ1) is 15.9. The summed E-state index contributed by atoms with van der Waals surface area (Å²) in [6.45, 7) is 6.48. The van der Waals surface area contributed by atoms with Gasteiger partial charge in [0, 0.05) is 36.3 Å². The highest BCUT2D eigenvalue weighted by Gasteiger charge is 2.12. The number of amides is 1. The quantitative estimate of drug-likeness (QED) is 0.476. The topological polar surface area (TPSA) is 84.3 Å². The van der Waals surface area contributed by atoms with Crippen LogP contribution >= 0.6 is 0 Å². The highest BCUT2D eigenvalue weighted by atomic mass is 16.6. The van der Waals surface area contributed by atoms with E-state index in [0.717, 1.165) is 5.69 Å². The molecule has 0 aliphatic heterocycles. The predicted molar refractivity (Wildman–Crippen MR) is 78.7 cm³/mol. The fourth-order valence-corrected chi connectivity index (χ4v) is 1.66. The molecule has 0 heterocycles. The third-order valence-electron chi connectivity index (χ3n) is 2.50. The Balaban J connectivity index is 2.27. The lowest BCUT2D eigenvalue weighted by atomic mass is 10.1. The second-order valence-corrected chi connectivity index (χ2v) is 5.63. The number of nitrogens with zero attached hydrogens (tertiary/aromatic N) is 1. The minimum absolute atomic E-state index is 0.0306. The van der Waals surface area contributed by atoms with Crippen LogP contribution < -0.4 is 10.6 Å². The van der Waals surface area contributed by atoms with E-state index < -0.39 is 4.92 Å². The van der Waals surface area contributed by atoms with E-state index in [0.29, 0.717) is 19.4 Å². The van der Waals surface area contributed by atoms with Crippen molar-refractivity contribution in [2.24, 2.45) is 0 Å². The predicted octanol–water partition coefficient (Wildman–Crippen LogP) is 2.70. The normalized spacial score (nSPS) is 10.9. The van der Waals surface area contributed by atoms with Gasteiger partial charge < -0.3 is 10.6 Å². The molecule has 0 aliphatic rings. The van der Waals surface area contributed by atoms with Crippen LogP contribution in [0.15, 0.2) is 24.3 Å². The zero-order valence-electron chi connectivity index (χ0n) is 12.1. The van der Waals surface area contributed by atoms with Crippen LogP contribution in [-0.4, -0.2) is 22.9 Å². The van der Waals surface area contributed by atoms with Gasteiger partial charge in [0.25, 0.3) is 5.69 Å². The van der Waals surface area contributed by atoms with E-state index in [1.807, 2.05) is 20.8 Å². The summed E-state index contributed by atoms with van der Waals surface area (Å²) in [6.07, 6.45) is 1.16. The summed E-state index contributed by atoms with van der Waals surface area (Å²) in [5.41, 5.74) is 0.676. The van der Waals surface area contributed by atoms with Crippen LogP contribution in [0.4, 0.5) is 11.4 Å². The molecule has 110 valence electrons. The fourth-order valence-electron chi connectivity index (χ4n) is 1.66. The van der Waals surface area contributed by atoms with Gasteiger partial charge in [-0.2, -0.15) is 0 Å². The first-order valence-electron chi connectivity index (χ1n) is 6.57. The maximum absolute atomic E-state index is 11.6. The molecule has 6 nitrogen and oxygen atoms in total. The Bertz CT molecular complexity index is 464. The van der Waals surface area contributed by atoms with Crippen molar-refractivity contribution >= 4 is 17.3 Å². The molecule has 1 amide bonds. The molecule has 0 saturated heterocycles. The van der Waals surface area contributed by atoms with Crippen LogP contribution in [-0.2, 0) is 4.79 Å². The average molecular weight is 279 g/mol. The summed E-state index contributed by atoms with van der Waals surface area (Å²) < 4.78 is 0. The molecule has 0 fully saturated rings. The van der Waals surface area contributed by atoms with Crippen LogP contribution in [0, 0.1) is 10.1 Å². The van der Waals surface area contributed by atoms with E-state index in [9.17, 15) is 14.9 Å². The molecule has 2 N–H and O–H groups in total. The van der Waals surface area contributed by atoms with E-state index in [-0.39, 0.29) is 17.1 Å². The molecule has 0 saturated carbocycles. The Kier molecular flexibility index (Phi) is 5.49. The van der Waals surface area contributed by atoms with Gasteiger partial charge in [-0.15, -0.1) is 0 Å². The standard InChI is InChI=1S/C14H21N3O3/c1-14(2,3)16-13(18)5-4-10-15-11-6-8-12(9-7-11)17(19)20/h6-9,15H,4-5,10H2,1-3H3,(H,16,18). The number of non-ortho nitro benzene ring substituents is 1. The summed E-state index contributed by atoms with van der Waals surface area (Å²) in [7, 11) is 0. The van der Waals surface area contributed by atoms with Crippen LogP contribution in [0.3, 0.4) is 0 Å². The second kappa shape index (κ2) is 6.88. The van der Waals surface area contributed by atoms with Crippen molar-refractivity contribution in [2.45, 2.75) is 39.2 Å². The Morgan fingerprint density at radius 3 is 2.35 bits per heavy atom. The van der Waals surface area contributed by atoms with Crippen molar-refractivity contribution < 1.29 is 9.72 Å². The fraction of sp³-hybridized carbons (Fsp3) is 0.500. The van der Waals surface area contributed by atoms with Crippen molar-refractivity contribution in [3.63, 3.8) is 0 Å². The van der Waals surface area contributed by atoms with Crippen molar-refractivity contribution in [1.29, 1.82) is 0 Å². The third kappa shape index (κ3) is 6.17. The zero-order valence-corrected chi connectivity index (χ0v) is 12.1. The van der Waals surface area contributed by atoms with Crippen LogP contribution in [0.25, 0.3) is 0 Å². The Morgan fingerprint density at radius 1 is 1.25 bits per heavy atom. The molecule has 0 unspecified atom stereocenters. The van der Waals surface area contributed by atoms with Gasteiger partial charge >= 0.3 is 0 Å². The van der Waals surface area contributed by atoms with Gasteiger partial charge in [-0.05, 0) is 39.3 Å². The maximum Gasteiger partial charge on any atom is 0.269 e. The molecule has 6 heteroatoms. The largest absolute Gasteiger partial charge is 0.385 e. The lowest BCUT2D eigenvalue weighted by Crippen LogP contribution is -2.40. The molecule has 0 atom stereocenters. The number of hydrogen-bond acceptors (Lipinski definition) is 4. The molecule has 1 aromatic rings. The summed E-state index contributed by atoms with van der Waals surface area (Å²) in [6, 6.07) is 6.23. The zero-order chi connectivity index (χ0) is 15.2. The summed E-state index contributed by atoms with van der Waals surface area (Å²) in [4.78, 5) is 21.6. The number of nitrogens with one attached hydrogen (secondary N) is 2. The molecule has 0 bridgehead atoms. The van der Waals surface area contributed by atoms with Gasteiger partial charge in [0.05, 0.1) is 4.92 Å². The van der Waals surface area contributed by atoms with Gasteiger partial charge in [0.2, 0.25) is 5.91 Å². The van der Waals surface area contributed by atoms with Gasteiger partial charge in [-0.1, -0.05) is 0 Å². The van der Waals surface area contributed by atoms with E-state index in [2.05, 4.69) is 10.6 Å². The molecule has 0 aliphatic carbocycles. The third-order valence-corrected chi connectivity index (χ3v) is 2.50. The Hall–Kier alpha value is -2.11. The summed E-state index contributed by atoms with van der Waals surface area (Å²) in [5.74, 6) is 0.0306. The molecule has 1 rings (SSSR count). The summed E-state index contributed by atoms with van der Waals surface area (Å²) in [5, 5.41) is 16.5. The minimum Gasteiger partial charge on any atom is -0.385 e. The van der Waals surface area contributed by atoms with Crippen LogP contribution in [0.2, 0.25) is 0 Å². The lowest BCUT2D eigenvalue weighted by molar-refractivity contribution is -0.384. The highest BCUT2D eigenvalue weighted by Crippen LogP contribution is 2.15. The monoisotopic (exact) mass is 279 g/mol. The summed E-state index contributed by atoms with van der Waals surface area (Å²) >= 11 is 0. The van der Waals surface area contributed by atoms with Gasteiger partial charge in [-0.3, -0.25) is 14.9 Å². The van der Waals surface area contributed by atoms with Crippen molar-refractivity contribution in [3.8, 4) is 0 Å². The number of carbonyl (C=O) groups is 1. The van der Waals surface area contributed by atoms with E-state index in [4.69, 9.17) is 0 Å².